The Bertz CT molecular complexity index is 1880. The SMILES string of the molecule is Cc1c(C#N)c(Nc2ccccc2)nc(Nc2ccccc2)c1N=Nc1sc(N=Nc2ccc(SOOO)cc2)cc1C#N. The molecule has 0 aliphatic rings. The lowest BCUT2D eigenvalue weighted by atomic mass is 10.1. The maximum atomic E-state index is 10.0. The number of anilines is 4. The molecule has 0 unspecified atom stereocenters. The van der Waals surface area contributed by atoms with Gasteiger partial charge in [0.2, 0.25) is 0 Å². The molecule has 12 nitrogen and oxygen atoms in total. The van der Waals surface area contributed by atoms with Crippen LogP contribution in [0, 0.1) is 29.6 Å². The maximum Gasteiger partial charge on any atom is 0.161 e. The lowest BCUT2D eigenvalue weighted by Crippen LogP contribution is -2.04. The van der Waals surface area contributed by atoms with Crippen molar-refractivity contribution in [1.82, 2.24) is 4.98 Å². The second kappa shape index (κ2) is 14.6. The molecule has 5 aromatic rings. The minimum atomic E-state index is 0.270. The van der Waals surface area contributed by atoms with Gasteiger partial charge in [0, 0.05) is 21.8 Å². The van der Waals surface area contributed by atoms with Crippen molar-refractivity contribution in [3.05, 3.63) is 108 Å². The van der Waals surface area contributed by atoms with Crippen LogP contribution in [0.25, 0.3) is 0 Å². The first-order valence-electron chi connectivity index (χ1n) is 12.8. The summed E-state index contributed by atoms with van der Waals surface area (Å²) in [6.07, 6.45) is 0. The molecule has 44 heavy (non-hydrogen) atoms. The van der Waals surface area contributed by atoms with Crippen LogP contribution in [-0.2, 0) is 9.37 Å². The van der Waals surface area contributed by atoms with E-state index >= 15 is 0 Å². The smallest absolute Gasteiger partial charge is 0.161 e. The van der Waals surface area contributed by atoms with Crippen LogP contribution in [0.4, 0.5) is 44.4 Å². The van der Waals surface area contributed by atoms with Crippen LogP contribution in [0.1, 0.15) is 16.7 Å². The molecule has 5 rings (SSSR count). The molecular formula is C30H21N9O3S2. The van der Waals surface area contributed by atoms with E-state index in [1.54, 1.807) is 37.3 Å². The minimum Gasteiger partial charge on any atom is -0.339 e. The topological polar surface area (TPSA) is 173 Å². The third-order valence-electron chi connectivity index (χ3n) is 5.92. The molecule has 0 atom stereocenters. The van der Waals surface area contributed by atoms with Crippen molar-refractivity contribution in [2.45, 2.75) is 11.8 Å². The lowest BCUT2D eigenvalue weighted by Gasteiger charge is -2.15. The number of nitriles is 2. The molecule has 0 aliphatic carbocycles. The first-order valence-corrected chi connectivity index (χ1v) is 14.3. The quantitative estimate of drug-likeness (QED) is 0.0562. The summed E-state index contributed by atoms with van der Waals surface area (Å²) in [5.41, 5.74) is 3.57. The highest BCUT2D eigenvalue weighted by molar-refractivity contribution is 7.94. The number of rotatable bonds is 11. The van der Waals surface area contributed by atoms with Crippen LogP contribution in [0.2, 0.25) is 0 Å². The predicted octanol–water partition coefficient (Wildman–Crippen LogP) is 9.94. The molecule has 2 aromatic heterocycles. The third kappa shape index (κ3) is 7.47. The van der Waals surface area contributed by atoms with E-state index in [9.17, 15) is 10.5 Å². The molecule has 0 amide bonds. The number of benzene rings is 3. The maximum absolute atomic E-state index is 10.0. The summed E-state index contributed by atoms with van der Waals surface area (Å²) in [6, 6.07) is 31.6. The number of para-hydroxylation sites is 2. The summed E-state index contributed by atoms with van der Waals surface area (Å²) in [5, 5.41) is 56.2. The largest absolute Gasteiger partial charge is 0.339 e. The Morgan fingerprint density at radius 2 is 1.48 bits per heavy atom. The van der Waals surface area contributed by atoms with Crippen LogP contribution in [0.3, 0.4) is 0 Å². The Hall–Kier alpha value is -5.48. The summed E-state index contributed by atoms with van der Waals surface area (Å²) in [4.78, 5) is 5.40. The molecule has 0 fully saturated rings. The van der Waals surface area contributed by atoms with Gasteiger partial charge in [-0.05, 0) is 61.5 Å². The average molecular weight is 620 g/mol. The van der Waals surface area contributed by atoms with Crippen molar-refractivity contribution < 1.29 is 14.6 Å². The summed E-state index contributed by atoms with van der Waals surface area (Å²) < 4.78 is 4.40. The van der Waals surface area contributed by atoms with Crippen molar-refractivity contribution in [2.75, 3.05) is 10.6 Å². The fraction of sp³-hybridized carbons (Fsp3) is 0.0333. The number of hydrogen-bond acceptors (Lipinski definition) is 14. The number of hydrogen-bond donors (Lipinski definition) is 3. The fourth-order valence-electron chi connectivity index (χ4n) is 3.85. The molecule has 3 aromatic carbocycles. The van der Waals surface area contributed by atoms with Crippen LogP contribution in [0.15, 0.2) is 116 Å². The number of nitrogens with one attached hydrogen (secondary N) is 2. The lowest BCUT2D eigenvalue weighted by molar-refractivity contribution is -0.432. The molecule has 216 valence electrons. The Balaban J connectivity index is 1.47. The number of aromatic nitrogens is 1. The molecule has 0 aliphatic heterocycles. The Morgan fingerprint density at radius 1 is 0.818 bits per heavy atom. The van der Waals surface area contributed by atoms with Gasteiger partial charge in [-0.2, -0.15) is 10.5 Å². The van der Waals surface area contributed by atoms with Crippen LogP contribution in [-0.4, -0.2) is 10.2 Å². The molecule has 3 N–H and O–H groups in total. The molecule has 2 heterocycles. The van der Waals surface area contributed by atoms with Gasteiger partial charge in [-0.1, -0.05) is 52.8 Å². The average Bonchev–Trinajstić information content (AvgIpc) is 3.46. The predicted molar refractivity (Wildman–Crippen MR) is 168 cm³/mol. The van der Waals surface area contributed by atoms with Gasteiger partial charge in [0.25, 0.3) is 0 Å². The molecule has 0 spiro atoms. The van der Waals surface area contributed by atoms with Crippen molar-refractivity contribution in [3.63, 3.8) is 0 Å². The van der Waals surface area contributed by atoms with E-state index < -0.39 is 0 Å². The van der Waals surface area contributed by atoms with Gasteiger partial charge >= 0.3 is 0 Å². The summed E-state index contributed by atoms with van der Waals surface area (Å²) >= 11 is 1.97. The monoisotopic (exact) mass is 619 g/mol. The van der Waals surface area contributed by atoms with Crippen molar-refractivity contribution in [3.8, 4) is 12.1 Å². The van der Waals surface area contributed by atoms with E-state index in [4.69, 9.17) is 10.2 Å². The number of azo groups is 2. The number of pyridine rings is 1. The number of thiophene rings is 1. The van der Waals surface area contributed by atoms with E-state index in [1.807, 2.05) is 60.7 Å². The van der Waals surface area contributed by atoms with E-state index in [2.05, 4.69) is 52.6 Å². The summed E-state index contributed by atoms with van der Waals surface area (Å²) in [7, 11) is 0. The summed E-state index contributed by atoms with van der Waals surface area (Å²) in [6.45, 7) is 1.77. The van der Waals surface area contributed by atoms with Crippen LogP contribution >= 0.6 is 23.4 Å². The van der Waals surface area contributed by atoms with E-state index in [-0.39, 0.29) is 5.56 Å². The van der Waals surface area contributed by atoms with Crippen molar-refractivity contribution >= 4 is 67.8 Å². The fourth-order valence-corrected chi connectivity index (χ4v) is 4.95. The zero-order chi connectivity index (χ0) is 30.7. The molecule has 0 radical (unpaired) electrons. The summed E-state index contributed by atoms with van der Waals surface area (Å²) in [5.74, 6) is 0.744. The molecule has 0 saturated heterocycles. The zero-order valence-corrected chi connectivity index (χ0v) is 24.5. The van der Waals surface area contributed by atoms with E-state index in [0.717, 1.165) is 34.8 Å². The van der Waals surface area contributed by atoms with Gasteiger partial charge in [-0.15, -0.1) is 24.8 Å². The molecular weight excluding hydrogens is 599 g/mol. The van der Waals surface area contributed by atoms with Gasteiger partial charge in [-0.3, -0.25) is 0 Å². The van der Waals surface area contributed by atoms with Crippen molar-refractivity contribution in [2.24, 2.45) is 20.5 Å². The highest BCUT2D eigenvalue weighted by atomic mass is 32.2. The Labute approximate surface area is 260 Å². The Morgan fingerprint density at radius 3 is 2.09 bits per heavy atom. The number of nitrogens with zero attached hydrogens (tertiary/aromatic N) is 7. The standard InChI is InChI=1S/C30H21N9O3S2/c1-19-25(18-32)28(33-21-8-4-2-5-9-21)35-29(34-22-10-6-3-7-11-22)27(19)38-39-30-20(17-31)16-26(43-30)37-36-23-12-14-24(15-13-23)44-42-41-40/h2-16,40H,1H3,(H2,33,34,35). The molecule has 0 bridgehead atoms. The van der Waals surface area contributed by atoms with Crippen molar-refractivity contribution in [1.29, 1.82) is 10.5 Å². The first kappa shape index (κ1) is 30.0. The van der Waals surface area contributed by atoms with Gasteiger partial charge in [0.05, 0.1) is 28.9 Å². The normalized spacial score (nSPS) is 11.0. The Kier molecular flexibility index (Phi) is 9.96. The van der Waals surface area contributed by atoms with Gasteiger partial charge in [0.1, 0.15) is 22.8 Å². The van der Waals surface area contributed by atoms with E-state index in [1.165, 1.54) is 0 Å². The van der Waals surface area contributed by atoms with Crippen LogP contribution < -0.4 is 10.6 Å². The molecule has 0 saturated carbocycles. The van der Waals surface area contributed by atoms with Gasteiger partial charge in [0.15, 0.2) is 16.6 Å². The second-order valence-corrected chi connectivity index (χ2v) is 10.6. The van der Waals surface area contributed by atoms with Gasteiger partial charge in [-0.25, -0.2) is 10.2 Å². The zero-order valence-electron chi connectivity index (χ0n) is 22.9. The van der Waals surface area contributed by atoms with Crippen LogP contribution in [0.5, 0.6) is 0 Å². The van der Waals surface area contributed by atoms with E-state index in [0.29, 0.717) is 49.0 Å². The van der Waals surface area contributed by atoms with Gasteiger partial charge < -0.3 is 10.6 Å². The highest BCUT2D eigenvalue weighted by Crippen LogP contribution is 2.41. The highest BCUT2D eigenvalue weighted by Gasteiger charge is 2.19. The first-order chi connectivity index (χ1) is 21.6. The third-order valence-corrected chi connectivity index (χ3v) is 7.42. The second-order valence-electron chi connectivity index (χ2n) is 8.79. The molecule has 14 heteroatoms. The minimum absolute atomic E-state index is 0.270.